The smallest absolute Gasteiger partial charge is 0.254 e. The SMILES string of the molecule is COc1ccc(OC)c(CN(C(=O)c2ccc(C)c(S(=O)(=O)N3CCCCC3)c2)C2CC2)c1. The summed E-state index contributed by atoms with van der Waals surface area (Å²) in [6.45, 7) is 3.21. The number of piperidine rings is 1. The fourth-order valence-electron chi connectivity index (χ4n) is 4.36. The highest BCUT2D eigenvalue weighted by Gasteiger charge is 2.35. The molecule has 1 aliphatic heterocycles. The van der Waals surface area contributed by atoms with E-state index in [0.717, 1.165) is 37.7 Å². The number of carbonyl (C=O) groups excluding carboxylic acids is 1. The predicted molar refractivity (Wildman–Crippen MR) is 126 cm³/mol. The maximum Gasteiger partial charge on any atom is 0.254 e. The van der Waals surface area contributed by atoms with E-state index in [0.29, 0.717) is 42.3 Å². The van der Waals surface area contributed by atoms with Crippen molar-refractivity contribution in [1.29, 1.82) is 0 Å². The number of nitrogens with zero attached hydrogens (tertiary/aromatic N) is 2. The van der Waals surface area contributed by atoms with Gasteiger partial charge in [-0.3, -0.25) is 4.79 Å². The highest BCUT2D eigenvalue weighted by molar-refractivity contribution is 7.89. The third-order valence-electron chi connectivity index (χ3n) is 6.44. The molecule has 0 atom stereocenters. The van der Waals surface area contributed by atoms with Crippen LogP contribution in [0.2, 0.25) is 0 Å². The molecule has 0 N–H and O–H groups in total. The first-order valence-corrected chi connectivity index (χ1v) is 12.9. The monoisotopic (exact) mass is 472 g/mol. The Hall–Kier alpha value is -2.58. The maximum atomic E-state index is 13.6. The van der Waals surface area contributed by atoms with E-state index >= 15 is 0 Å². The molecule has 0 radical (unpaired) electrons. The molecule has 1 heterocycles. The van der Waals surface area contributed by atoms with Crippen molar-refractivity contribution in [2.45, 2.75) is 56.5 Å². The molecule has 8 heteroatoms. The Morgan fingerprint density at radius 1 is 1.03 bits per heavy atom. The van der Waals surface area contributed by atoms with Gasteiger partial charge in [-0.2, -0.15) is 4.31 Å². The Kier molecular flexibility index (Phi) is 6.95. The summed E-state index contributed by atoms with van der Waals surface area (Å²) in [5.74, 6) is 1.21. The summed E-state index contributed by atoms with van der Waals surface area (Å²) in [5.41, 5.74) is 1.90. The van der Waals surface area contributed by atoms with Crippen LogP contribution in [0.25, 0.3) is 0 Å². The fourth-order valence-corrected chi connectivity index (χ4v) is 6.13. The van der Waals surface area contributed by atoms with Gasteiger partial charge in [-0.05, 0) is 68.5 Å². The highest BCUT2D eigenvalue weighted by Crippen LogP contribution is 2.34. The molecule has 0 spiro atoms. The van der Waals surface area contributed by atoms with Crippen molar-refractivity contribution >= 4 is 15.9 Å². The lowest BCUT2D eigenvalue weighted by atomic mass is 10.1. The quantitative estimate of drug-likeness (QED) is 0.581. The Morgan fingerprint density at radius 2 is 1.76 bits per heavy atom. The van der Waals surface area contributed by atoms with Crippen molar-refractivity contribution in [3.63, 3.8) is 0 Å². The van der Waals surface area contributed by atoms with Crippen molar-refractivity contribution in [1.82, 2.24) is 9.21 Å². The van der Waals surface area contributed by atoms with Crippen LogP contribution < -0.4 is 9.47 Å². The topological polar surface area (TPSA) is 76.1 Å². The van der Waals surface area contributed by atoms with Gasteiger partial charge in [-0.15, -0.1) is 0 Å². The molecule has 0 aromatic heterocycles. The molecule has 0 bridgehead atoms. The van der Waals surface area contributed by atoms with Crippen LogP contribution in [0.1, 0.15) is 53.6 Å². The molecule has 2 aromatic carbocycles. The summed E-state index contributed by atoms with van der Waals surface area (Å²) in [4.78, 5) is 15.6. The molecule has 2 fully saturated rings. The van der Waals surface area contributed by atoms with Crippen LogP contribution in [0.4, 0.5) is 0 Å². The number of hydrogen-bond acceptors (Lipinski definition) is 5. The molecule has 1 amide bonds. The highest BCUT2D eigenvalue weighted by atomic mass is 32.2. The number of ether oxygens (including phenoxy) is 2. The van der Waals surface area contributed by atoms with Gasteiger partial charge in [0.25, 0.3) is 5.91 Å². The molecular weight excluding hydrogens is 440 g/mol. The van der Waals surface area contributed by atoms with Gasteiger partial charge in [0.1, 0.15) is 11.5 Å². The third-order valence-corrected chi connectivity index (χ3v) is 8.49. The summed E-state index contributed by atoms with van der Waals surface area (Å²) in [7, 11) is -0.425. The molecule has 33 heavy (non-hydrogen) atoms. The normalized spacial score (nSPS) is 16.9. The summed E-state index contributed by atoms with van der Waals surface area (Å²) in [6, 6.07) is 10.7. The van der Waals surface area contributed by atoms with E-state index in [4.69, 9.17) is 9.47 Å². The van der Waals surface area contributed by atoms with Crippen LogP contribution in [0.15, 0.2) is 41.3 Å². The van der Waals surface area contributed by atoms with Crippen molar-refractivity contribution in [3.05, 3.63) is 53.1 Å². The Bertz CT molecular complexity index is 1120. The van der Waals surface area contributed by atoms with E-state index < -0.39 is 10.0 Å². The first-order valence-electron chi connectivity index (χ1n) is 11.5. The van der Waals surface area contributed by atoms with Gasteiger partial charge in [0.05, 0.1) is 25.7 Å². The number of carbonyl (C=O) groups is 1. The Morgan fingerprint density at radius 3 is 2.39 bits per heavy atom. The molecule has 2 aromatic rings. The summed E-state index contributed by atoms with van der Waals surface area (Å²) < 4.78 is 39.0. The molecule has 2 aliphatic rings. The average Bonchev–Trinajstić information content (AvgIpc) is 3.68. The zero-order valence-corrected chi connectivity index (χ0v) is 20.4. The molecule has 0 unspecified atom stereocenters. The summed E-state index contributed by atoms with van der Waals surface area (Å²) >= 11 is 0. The van der Waals surface area contributed by atoms with Crippen molar-refractivity contribution in [2.24, 2.45) is 0 Å². The number of methoxy groups -OCH3 is 2. The van der Waals surface area contributed by atoms with E-state index in [9.17, 15) is 13.2 Å². The van der Waals surface area contributed by atoms with Gasteiger partial charge in [0.2, 0.25) is 10.0 Å². The second-order valence-electron chi connectivity index (χ2n) is 8.79. The lowest BCUT2D eigenvalue weighted by Gasteiger charge is -2.27. The molecule has 178 valence electrons. The van der Waals surface area contributed by atoms with Gasteiger partial charge >= 0.3 is 0 Å². The molecule has 1 saturated heterocycles. The van der Waals surface area contributed by atoms with Gasteiger partial charge in [0.15, 0.2) is 0 Å². The first kappa shape index (κ1) is 23.6. The van der Waals surface area contributed by atoms with Gasteiger partial charge in [0, 0.05) is 30.3 Å². The Labute approximate surface area is 196 Å². The number of hydrogen-bond donors (Lipinski definition) is 0. The second-order valence-corrected chi connectivity index (χ2v) is 10.7. The van der Waals surface area contributed by atoms with Crippen molar-refractivity contribution in [2.75, 3.05) is 27.3 Å². The summed E-state index contributed by atoms with van der Waals surface area (Å²) in [5, 5.41) is 0. The minimum absolute atomic E-state index is 0.136. The van der Waals surface area contributed by atoms with Crippen LogP contribution in [-0.2, 0) is 16.6 Å². The zero-order valence-electron chi connectivity index (χ0n) is 19.5. The fraction of sp³-hybridized carbons (Fsp3) is 0.480. The predicted octanol–water partition coefficient (Wildman–Crippen LogP) is 3.99. The van der Waals surface area contributed by atoms with Crippen LogP contribution in [0, 0.1) is 6.92 Å². The van der Waals surface area contributed by atoms with E-state index in [1.165, 1.54) is 0 Å². The minimum Gasteiger partial charge on any atom is -0.497 e. The van der Waals surface area contributed by atoms with Crippen LogP contribution in [-0.4, -0.2) is 56.9 Å². The van der Waals surface area contributed by atoms with Crippen molar-refractivity contribution in [3.8, 4) is 11.5 Å². The van der Waals surface area contributed by atoms with Crippen molar-refractivity contribution < 1.29 is 22.7 Å². The van der Waals surface area contributed by atoms with E-state index in [-0.39, 0.29) is 16.8 Å². The molecular formula is C25H32N2O5S. The molecule has 4 rings (SSSR count). The number of sulfonamides is 1. The van der Waals surface area contributed by atoms with E-state index in [1.807, 2.05) is 23.1 Å². The van der Waals surface area contributed by atoms with E-state index in [2.05, 4.69) is 0 Å². The lowest BCUT2D eigenvalue weighted by molar-refractivity contribution is 0.0728. The Balaban J connectivity index is 1.64. The minimum atomic E-state index is -3.63. The standard InChI is InChI=1S/C25H32N2O5S/c1-18-7-8-19(16-24(18)33(29,30)26-13-5-4-6-14-26)25(28)27(21-9-10-21)17-20-15-22(31-2)11-12-23(20)32-3/h7-8,11-12,15-16,21H,4-6,9-10,13-14,17H2,1-3H3. The van der Waals surface area contributed by atoms with Gasteiger partial charge < -0.3 is 14.4 Å². The first-order chi connectivity index (χ1) is 15.8. The largest absolute Gasteiger partial charge is 0.497 e. The maximum absolute atomic E-state index is 13.6. The van der Waals surface area contributed by atoms with Crippen LogP contribution in [0.5, 0.6) is 11.5 Å². The number of benzene rings is 2. The average molecular weight is 473 g/mol. The molecule has 1 saturated carbocycles. The zero-order chi connectivity index (χ0) is 23.6. The van der Waals surface area contributed by atoms with Crippen LogP contribution >= 0.6 is 0 Å². The van der Waals surface area contributed by atoms with Gasteiger partial charge in [-0.1, -0.05) is 12.5 Å². The summed E-state index contributed by atoms with van der Waals surface area (Å²) in [6.07, 6.45) is 4.66. The number of amides is 1. The second kappa shape index (κ2) is 9.73. The number of aryl methyl sites for hydroxylation is 1. The van der Waals surface area contributed by atoms with E-state index in [1.54, 1.807) is 43.6 Å². The molecule has 7 nitrogen and oxygen atoms in total. The van der Waals surface area contributed by atoms with Gasteiger partial charge in [-0.25, -0.2) is 8.42 Å². The third kappa shape index (κ3) is 5.01. The lowest BCUT2D eigenvalue weighted by Crippen LogP contribution is -2.36. The molecule has 1 aliphatic carbocycles. The number of rotatable bonds is 8. The van der Waals surface area contributed by atoms with Crippen LogP contribution in [0.3, 0.4) is 0 Å².